The molecule has 78 valence electrons. The molecule has 4 N–H and O–H groups in total. The van der Waals surface area contributed by atoms with E-state index < -0.39 is 19.7 Å². The summed E-state index contributed by atoms with van der Waals surface area (Å²) in [6, 6.07) is 1.66. The van der Waals surface area contributed by atoms with Crippen molar-refractivity contribution < 1.29 is 19.1 Å². The van der Waals surface area contributed by atoms with Crippen molar-refractivity contribution in [3.63, 3.8) is 0 Å². The van der Waals surface area contributed by atoms with Gasteiger partial charge in [0.1, 0.15) is 6.16 Å². The summed E-state index contributed by atoms with van der Waals surface area (Å²) in [6.45, 7) is 1.80. The number of H-pyrrole nitrogens is 1. The van der Waals surface area contributed by atoms with E-state index in [0.717, 1.165) is 5.69 Å². The number of carbonyl (C=O) groups excluding carboxylic acids is 1. The second kappa shape index (κ2) is 3.96. The zero-order chi connectivity index (χ0) is 10.8. The van der Waals surface area contributed by atoms with Crippen LogP contribution in [0.25, 0.3) is 0 Å². The van der Waals surface area contributed by atoms with Crippen molar-refractivity contribution in [2.45, 2.75) is 6.92 Å². The molecular formula is C7H11N2O4P. The van der Waals surface area contributed by atoms with Gasteiger partial charge in [-0.15, -0.1) is 0 Å². The second-order valence-electron chi connectivity index (χ2n) is 2.94. The van der Waals surface area contributed by atoms with Crippen LogP contribution in [0.4, 0.5) is 5.69 Å². The molecule has 0 radical (unpaired) electrons. The van der Waals surface area contributed by atoms with Gasteiger partial charge in [0.2, 0.25) is 5.91 Å². The molecule has 0 aliphatic rings. The van der Waals surface area contributed by atoms with Crippen LogP contribution in [-0.2, 0) is 9.36 Å². The molecule has 1 aromatic heterocycles. The molecule has 0 bridgehead atoms. The molecule has 1 amide bonds. The van der Waals surface area contributed by atoms with Crippen molar-refractivity contribution >= 4 is 19.2 Å². The molecule has 7 heteroatoms. The van der Waals surface area contributed by atoms with Gasteiger partial charge in [-0.25, -0.2) is 0 Å². The number of aromatic amines is 1. The fourth-order valence-corrected chi connectivity index (χ4v) is 1.42. The van der Waals surface area contributed by atoms with Crippen LogP contribution in [0.1, 0.15) is 5.69 Å². The maximum absolute atomic E-state index is 11.0. The number of anilines is 1. The highest BCUT2D eigenvalue weighted by Crippen LogP contribution is 2.33. The maximum Gasteiger partial charge on any atom is 0.334 e. The van der Waals surface area contributed by atoms with Gasteiger partial charge in [-0.3, -0.25) is 9.36 Å². The Morgan fingerprint density at radius 1 is 1.64 bits per heavy atom. The van der Waals surface area contributed by atoms with Gasteiger partial charge in [-0.2, -0.15) is 0 Å². The fraction of sp³-hybridized carbons (Fsp3) is 0.286. The zero-order valence-corrected chi connectivity index (χ0v) is 8.41. The van der Waals surface area contributed by atoms with Crippen LogP contribution >= 0.6 is 7.60 Å². The number of hydrogen-bond acceptors (Lipinski definition) is 2. The standard InChI is InChI=1S/C7H11N2O4P/c1-5-2-6(3-8-5)9-7(10)4-14(11,12)13/h2-3,8H,4H2,1H3,(H,9,10)(H2,11,12,13). The van der Waals surface area contributed by atoms with E-state index in [2.05, 4.69) is 10.3 Å². The number of amides is 1. The SMILES string of the molecule is Cc1cc(NC(=O)CP(=O)(O)O)c[nH]1. The summed E-state index contributed by atoms with van der Waals surface area (Å²) in [4.78, 5) is 30.9. The highest BCUT2D eigenvalue weighted by molar-refractivity contribution is 7.52. The van der Waals surface area contributed by atoms with Crippen LogP contribution in [0.5, 0.6) is 0 Å². The molecule has 0 aliphatic carbocycles. The molecule has 0 spiro atoms. The largest absolute Gasteiger partial charge is 0.363 e. The van der Waals surface area contributed by atoms with Gasteiger partial charge in [-0.1, -0.05) is 0 Å². The number of aryl methyl sites for hydroxylation is 1. The topological polar surface area (TPSA) is 102 Å². The summed E-state index contributed by atoms with van der Waals surface area (Å²) < 4.78 is 10.5. The number of carbonyl (C=O) groups is 1. The van der Waals surface area contributed by atoms with Gasteiger partial charge in [0.05, 0.1) is 5.69 Å². The highest BCUT2D eigenvalue weighted by atomic mass is 31.2. The van der Waals surface area contributed by atoms with Crippen LogP contribution < -0.4 is 5.32 Å². The van der Waals surface area contributed by atoms with E-state index >= 15 is 0 Å². The molecule has 0 atom stereocenters. The van der Waals surface area contributed by atoms with E-state index in [1.807, 2.05) is 0 Å². The molecule has 0 unspecified atom stereocenters. The average Bonchev–Trinajstić information content (AvgIpc) is 2.30. The average molecular weight is 218 g/mol. The first-order chi connectivity index (χ1) is 6.37. The minimum Gasteiger partial charge on any atom is -0.363 e. The van der Waals surface area contributed by atoms with Crippen LogP contribution in [0.3, 0.4) is 0 Å². The quantitative estimate of drug-likeness (QED) is 0.552. The summed E-state index contributed by atoms with van der Waals surface area (Å²) in [7, 11) is -4.27. The Bertz CT molecular complexity index is 381. The van der Waals surface area contributed by atoms with Gasteiger partial charge in [0, 0.05) is 11.9 Å². The van der Waals surface area contributed by atoms with Crippen molar-refractivity contribution in [2.75, 3.05) is 11.5 Å². The molecule has 0 aromatic carbocycles. The summed E-state index contributed by atoms with van der Waals surface area (Å²) >= 11 is 0. The highest BCUT2D eigenvalue weighted by Gasteiger charge is 2.18. The van der Waals surface area contributed by atoms with E-state index in [9.17, 15) is 9.36 Å². The molecule has 0 fully saturated rings. The predicted octanol–water partition coefficient (Wildman–Crippen LogP) is 0.439. The zero-order valence-electron chi connectivity index (χ0n) is 7.52. The molecule has 0 saturated carbocycles. The van der Waals surface area contributed by atoms with E-state index in [4.69, 9.17) is 9.79 Å². The number of hydrogen-bond donors (Lipinski definition) is 4. The van der Waals surface area contributed by atoms with Gasteiger partial charge in [-0.05, 0) is 13.0 Å². The lowest BCUT2D eigenvalue weighted by molar-refractivity contribution is -0.114. The third-order valence-corrected chi connectivity index (χ3v) is 2.16. The van der Waals surface area contributed by atoms with E-state index in [1.54, 1.807) is 19.2 Å². The maximum atomic E-state index is 11.0. The van der Waals surface area contributed by atoms with Crippen molar-refractivity contribution in [3.05, 3.63) is 18.0 Å². The number of aromatic nitrogens is 1. The first-order valence-corrected chi connectivity index (χ1v) is 5.66. The first kappa shape index (κ1) is 11.0. The Morgan fingerprint density at radius 3 is 2.71 bits per heavy atom. The Hall–Kier alpha value is -1.10. The van der Waals surface area contributed by atoms with Gasteiger partial charge in [0.25, 0.3) is 0 Å². The summed E-state index contributed by atoms with van der Waals surface area (Å²) in [5.74, 6) is -0.697. The molecule has 0 aliphatic heterocycles. The third-order valence-electron chi connectivity index (χ3n) is 1.46. The molecule has 14 heavy (non-hydrogen) atoms. The normalized spacial score (nSPS) is 11.4. The monoisotopic (exact) mass is 218 g/mol. The lowest BCUT2D eigenvalue weighted by Gasteiger charge is -2.03. The van der Waals surface area contributed by atoms with Crippen molar-refractivity contribution in [1.82, 2.24) is 4.98 Å². The summed E-state index contributed by atoms with van der Waals surface area (Å²) in [5, 5.41) is 2.36. The molecular weight excluding hydrogens is 207 g/mol. The van der Waals surface area contributed by atoms with Crippen LogP contribution in [0, 0.1) is 6.92 Å². The van der Waals surface area contributed by atoms with Gasteiger partial charge in [0.15, 0.2) is 0 Å². The number of rotatable bonds is 3. The van der Waals surface area contributed by atoms with Gasteiger partial charge < -0.3 is 20.1 Å². The minimum atomic E-state index is -4.27. The first-order valence-electron chi connectivity index (χ1n) is 3.86. The van der Waals surface area contributed by atoms with Gasteiger partial charge >= 0.3 is 7.60 Å². The molecule has 0 saturated heterocycles. The molecule has 1 aromatic rings. The Morgan fingerprint density at radius 2 is 2.29 bits per heavy atom. The van der Waals surface area contributed by atoms with Crippen LogP contribution in [-0.4, -0.2) is 26.8 Å². The molecule has 1 heterocycles. The Labute approximate surface area is 80.5 Å². The minimum absolute atomic E-state index is 0.501. The van der Waals surface area contributed by atoms with E-state index in [-0.39, 0.29) is 0 Å². The Balaban J connectivity index is 2.54. The lowest BCUT2D eigenvalue weighted by atomic mass is 10.4. The van der Waals surface area contributed by atoms with Crippen LogP contribution in [0.2, 0.25) is 0 Å². The molecule has 1 rings (SSSR count). The molecule has 6 nitrogen and oxygen atoms in total. The van der Waals surface area contributed by atoms with Crippen molar-refractivity contribution in [2.24, 2.45) is 0 Å². The number of nitrogens with one attached hydrogen (secondary N) is 2. The van der Waals surface area contributed by atoms with E-state index in [0.29, 0.717) is 5.69 Å². The van der Waals surface area contributed by atoms with E-state index in [1.165, 1.54) is 0 Å². The third kappa shape index (κ3) is 3.74. The van der Waals surface area contributed by atoms with Crippen molar-refractivity contribution in [1.29, 1.82) is 0 Å². The summed E-state index contributed by atoms with van der Waals surface area (Å²) in [6.07, 6.45) is 0.754. The lowest BCUT2D eigenvalue weighted by Crippen LogP contribution is -2.15. The predicted molar refractivity (Wildman–Crippen MR) is 51.1 cm³/mol. The second-order valence-corrected chi connectivity index (χ2v) is 4.59. The summed E-state index contributed by atoms with van der Waals surface area (Å²) in [5.41, 5.74) is 1.36. The Kier molecular flexibility index (Phi) is 3.10. The fourth-order valence-electron chi connectivity index (χ4n) is 0.968. The van der Waals surface area contributed by atoms with Crippen molar-refractivity contribution in [3.8, 4) is 0 Å². The smallest absolute Gasteiger partial charge is 0.334 e. The van der Waals surface area contributed by atoms with Crippen LogP contribution in [0.15, 0.2) is 12.3 Å².